The summed E-state index contributed by atoms with van der Waals surface area (Å²) in [5, 5.41) is 4.97. The summed E-state index contributed by atoms with van der Waals surface area (Å²) in [7, 11) is 4.02. The van der Waals surface area contributed by atoms with Gasteiger partial charge in [0.25, 0.3) is 0 Å². The van der Waals surface area contributed by atoms with Crippen molar-refractivity contribution in [2.45, 2.75) is 25.2 Å². The Bertz CT molecular complexity index is 948. The maximum atomic E-state index is 13.4. The predicted molar refractivity (Wildman–Crippen MR) is 112 cm³/mol. The molecule has 1 aliphatic heterocycles. The van der Waals surface area contributed by atoms with E-state index in [4.69, 9.17) is 9.26 Å². The molecule has 6 heteroatoms. The molecule has 0 spiro atoms. The molecule has 3 aromatic rings. The summed E-state index contributed by atoms with van der Waals surface area (Å²) in [6.07, 6.45) is 3.05. The van der Waals surface area contributed by atoms with E-state index in [1.165, 1.54) is 12.1 Å². The smallest absolute Gasteiger partial charge is 0.147 e. The molecule has 0 N–H and O–H groups in total. The average molecular weight is 396 g/mol. The second-order valence-corrected chi connectivity index (χ2v) is 7.81. The van der Waals surface area contributed by atoms with E-state index in [0.717, 1.165) is 61.5 Å². The first-order valence-corrected chi connectivity index (χ1v) is 10.2. The number of likely N-dealkylation sites (tertiary alicyclic amines) is 1. The lowest BCUT2D eigenvalue weighted by Gasteiger charge is -2.30. The van der Waals surface area contributed by atoms with Crippen LogP contribution < -0.4 is 9.64 Å². The van der Waals surface area contributed by atoms with Crippen LogP contribution in [-0.4, -0.2) is 50.4 Å². The average Bonchev–Trinajstić information content (AvgIpc) is 3.15. The molecular formula is C23H27FN3O2. The van der Waals surface area contributed by atoms with Crippen LogP contribution >= 0.6 is 0 Å². The van der Waals surface area contributed by atoms with Crippen LogP contribution in [0.2, 0.25) is 0 Å². The molecule has 0 aliphatic carbocycles. The van der Waals surface area contributed by atoms with Crippen LogP contribution in [0.4, 0.5) is 10.1 Å². The molecule has 2 heterocycles. The van der Waals surface area contributed by atoms with Crippen LogP contribution in [0.25, 0.3) is 10.9 Å². The van der Waals surface area contributed by atoms with Gasteiger partial charge < -0.3 is 19.1 Å². The van der Waals surface area contributed by atoms with Gasteiger partial charge in [-0.05, 0) is 62.7 Å². The number of aromatic nitrogens is 1. The van der Waals surface area contributed by atoms with Crippen molar-refractivity contribution in [1.29, 1.82) is 0 Å². The minimum absolute atomic E-state index is 0.277. The van der Waals surface area contributed by atoms with E-state index in [1.54, 1.807) is 6.07 Å². The number of piperidine rings is 1. The van der Waals surface area contributed by atoms with Crippen molar-refractivity contribution < 1.29 is 13.7 Å². The van der Waals surface area contributed by atoms with E-state index in [9.17, 15) is 4.39 Å². The Morgan fingerprint density at radius 1 is 1.28 bits per heavy atom. The number of fused-ring (bicyclic) bond motifs is 1. The quantitative estimate of drug-likeness (QED) is 0.551. The molecule has 1 aliphatic rings. The summed E-state index contributed by atoms with van der Waals surface area (Å²) in [5.74, 6) is 1.88. The SMILES string of the molecule is CN(C)c1c[c]ccc1OCCCN1CCC(c2onc3cc(F)ccc23)CC1. The number of nitrogens with zero attached hydrogens (tertiary/aromatic N) is 3. The molecule has 1 saturated heterocycles. The first-order chi connectivity index (χ1) is 14.1. The second-order valence-electron chi connectivity index (χ2n) is 7.81. The third kappa shape index (κ3) is 4.53. The Labute approximate surface area is 171 Å². The first-order valence-electron chi connectivity index (χ1n) is 10.2. The van der Waals surface area contributed by atoms with Crippen molar-refractivity contribution in [3.63, 3.8) is 0 Å². The number of ether oxygens (including phenoxy) is 1. The van der Waals surface area contributed by atoms with E-state index in [-0.39, 0.29) is 5.82 Å². The van der Waals surface area contributed by atoms with Gasteiger partial charge >= 0.3 is 0 Å². The Hall–Kier alpha value is -2.60. The zero-order valence-electron chi connectivity index (χ0n) is 17.0. The number of anilines is 1. The van der Waals surface area contributed by atoms with Crippen molar-refractivity contribution in [3.8, 4) is 5.75 Å². The summed E-state index contributed by atoms with van der Waals surface area (Å²) in [6.45, 7) is 3.77. The van der Waals surface area contributed by atoms with Gasteiger partial charge in [0.15, 0.2) is 0 Å². The molecule has 5 nitrogen and oxygen atoms in total. The van der Waals surface area contributed by atoms with E-state index >= 15 is 0 Å². The highest BCUT2D eigenvalue weighted by Crippen LogP contribution is 2.33. The van der Waals surface area contributed by atoms with E-state index in [1.807, 2.05) is 37.2 Å². The lowest BCUT2D eigenvalue weighted by Crippen LogP contribution is -2.34. The standard InChI is InChI=1S/C23H27FN3O2/c1-26(2)21-6-3-4-7-22(21)28-15-5-12-27-13-10-17(11-14-27)23-19-9-8-18(24)16-20(19)25-29-23/h4,6-9,16-17H,5,10-15H2,1-2H3. The molecule has 1 radical (unpaired) electrons. The first kappa shape index (κ1) is 19.7. The summed E-state index contributed by atoms with van der Waals surface area (Å²) in [5.41, 5.74) is 1.66. The van der Waals surface area contributed by atoms with Crippen LogP contribution in [0.3, 0.4) is 0 Å². The number of hydrogen-bond donors (Lipinski definition) is 0. The summed E-state index contributed by atoms with van der Waals surface area (Å²) in [6, 6.07) is 13.6. The largest absolute Gasteiger partial charge is 0.491 e. The fourth-order valence-corrected chi connectivity index (χ4v) is 4.00. The summed E-state index contributed by atoms with van der Waals surface area (Å²) >= 11 is 0. The zero-order valence-corrected chi connectivity index (χ0v) is 17.0. The van der Waals surface area contributed by atoms with Gasteiger partial charge in [0.1, 0.15) is 22.8 Å². The van der Waals surface area contributed by atoms with Gasteiger partial charge in [-0.1, -0.05) is 11.2 Å². The number of rotatable bonds is 7. The van der Waals surface area contributed by atoms with Crippen LogP contribution in [0.15, 0.2) is 40.9 Å². The maximum Gasteiger partial charge on any atom is 0.147 e. The molecule has 4 rings (SSSR count). The topological polar surface area (TPSA) is 41.7 Å². The third-order valence-electron chi connectivity index (χ3n) is 5.59. The molecular weight excluding hydrogens is 369 g/mol. The van der Waals surface area contributed by atoms with E-state index < -0.39 is 0 Å². The monoisotopic (exact) mass is 396 g/mol. The highest BCUT2D eigenvalue weighted by atomic mass is 19.1. The van der Waals surface area contributed by atoms with Gasteiger partial charge in [-0.15, -0.1) is 0 Å². The van der Waals surface area contributed by atoms with Gasteiger partial charge in [0, 0.05) is 38.0 Å². The molecule has 29 heavy (non-hydrogen) atoms. The fourth-order valence-electron chi connectivity index (χ4n) is 4.00. The fraction of sp³-hybridized carbons (Fsp3) is 0.435. The third-order valence-corrected chi connectivity index (χ3v) is 5.59. The van der Waals surface area contributed by atoms with Crippen molar-refractivity contribution in [1.82, 2.24) is 10.1 Å². The number of hydrogen-bond acceptors (Lipinski definition) is 5. The number of halogens is 1. The van der Waals surface area contributed by atoms with Crippen LogP contribution in [0.1, 0.15) is 30.9 Å². The van der Waals surface area contributed by atoms with E-state index in [0.29, 0.717) is 18.0 Å². The van der Waals surface area contributed by atoms with Crippen molar-refractivity contribution >= 4 is 16.6 Å². The van der Waals surface area contributed by atoms with Gasteiger partial charge in [-0.25, -0.2) is 4.39 Å². The highest BCUT2D eigenvalue weighted by molar-refractivity contribution is 5.80. The Morgan fingerprint density at radius 3 is 2.90 bits per heavy atom. The molecule has 1 fully saturated rings. The second kappa shape index (κ2) is 8.82. The maximum absolute atomic E-state index is 13.4. The molecule has 2 aromatic carbocycles. The molecule has 153 valence electrons. The molecule has 0 bridgehead atoms. The number of benzene rings is 2. The lowest BCUT2D eigenvalue weighted by atomic mass is 9.92. The van der Waals surface area contributed by atoms with Crippen LogP contribution in [0.5, 0.6) is 5.75 Å². The van der Waals surface area contributed by atoms with Crippen molar-refractivity contribution in [2.75, 3.05) is 45.2 Å². The van der Waals surface area contributed by atoms with Crippen molar-refractivity contribution in [2.24, 2.45) is 0 Å². The zero-order chi connectivity index (χ0) is 20.2. The van der Waals surface area contributed by atoms with E-state index in [2.05, 4.69) is 16.1 Å². The van der Waals surface area contributed by atoms with Crippen molar-refractivity contribution in [3.05, 3.63) is 54.0 Å². The van der Waals surface area contributed by atoms with Gasteiger partial charge in [-0.2, -0.15) is 0 Å². The molecule has 1 aromatic heterocycles. The van der Waals surface area contributed by atoms with Gasteiger partial charge in [0.05, 0.1) is 12.3 Å². The Balaban J connectivity index is 1.24. The minimum Gasteiger partial charge on any atom is -0.491 e. The molecule has 0 amide bonds. The lowest BCUT2D eigenvalue weighted by molar-refractivity contribution is 0.183. The van der Waals surface area contributed by atoms with Gasteiger partial charge in [-0.3, -0.25) is 0 Å². The summed E-state index contributed by atoms with van der Waals surface area (Å²) in [4.78, 5) is 4.52. The molecule has 0 unspecified atom stereocenters. The van der Waals surface area contributed by atoms with Crippen LogP contribution in [0, 0.1) is 11.9 Å². The van der Waals surface area contributed by atoms with Crippen LogP contribution in [-0.2, 0) is 0 Å². The van der Waals surface area contributed by atoms with Gasteiger partial charge in [0.2, 0.25) is 0 Å². The highest BCUT2D eigenvalue weighted by Gasteiger charge is 2.25. The minimum atomic E-state index is -0.277. The molecule has 0 saturated carbocycles. The summed E-state index contributed by atoms with van der Waals surface area (Å²) < 4.78 is 24.9. The molecule has 0 atom stereocenters. The Kier molecular flexibility index (Phi) is 6.00. The predicted octanol–water partition coefficient (Wildman–Crippen LogP) is 4.48. The Morgan fingerprint density at radius 2 is 2.10 bits per heavy atom. The normalized spacial score (nSPS) is 15.7.